The highest BCUT2D eigenvalue weighted by atomic mass is 16.3. The van der Waals surface area contributed by atoms with Crippen LogP contribution >= 0.6 is 0 Å². The Morgan fingerprint density at radius 1 is 1.30 bits per heavy atom. The molecule has 0 aliphatic carbocycles. The van der Waals surface area contributed by atoms with E-state index in [-0.39, 0.29) is 11.8 Å². The Bertz CT molecular complexity index is 430. The van der Waals surface area contributed by atoms with E-state index in [1.54, 1.807) is 13.0 Å². The van der Waals surface area contributed by atoms with Crippen LogP contribution in [0.25, 0.3) is 0 Å². The Balaban J connectivity index is 2.66. The number of rotatable bonds is 7. The van der Waals surface area contributed by atoms with Gasteiger partial charge in [0.15, 0.2) is 0 Å². The summed E-state index contributed by atoms with van der Waals surface area (Å²) in [6.07, 6.45) is 0.762. The molecule has 0 heterocycles. The molecular formula is C16H26N2O2. The predicted octanol–water partition coefficient (Wildman–Crippen LogP) is 2.69. The van der Waals surface area contributed by atoms with Gasteiger partial charge in [-0.15, -0.1) is 0 Å². The van der Waals surface area contributed by atoms with Gasteiger partial charge in [0.25, 0.3) is 0 Å². The minimum Gasteiger partial charge on any atom is -0.389 e. The second kappa shape index (κ2) is 8.02. The van der Waals surface area contributed by atoms with Crippen molar-refractivity contribution in [1.82, 2.24) is 0 Å². The molecule has 0 aliphatic heterocycles. The van der Waals surface area contributed by atoms with Crippen LogP contribution in [0.15, 0.2) is 24.3 Å². The summed E-state index contributed by atoms with van der Waals surface area (Å²) in [6.45, 7) is 6.46. The summed E-state index contributed by atoms with van der Waals surface area (Å²) in [4.78, 5) is 12.1. The first kappa shape index (κ1) is 16.7. The highest BCUT2D eigenvalue weighted by Crippen LogP contribution is 2.23. The highest BCUT2D eigenvalue weighted by molar-refractivity contribution is 5.91. The Morgan fingerprint density at radius 2 is 1.95 bits per heavy atom. The van der Waals surface area contributed by atoms with E-state index in [1.807, 2.05) is 18.2 Å². The van der Waals surface area contributed by atoms with Crippen LogP contribution in [-0.2, 0) is 4.79 Å². The van der Waals surface area contributed by atoms with Gasteiger partial charge in [0.05, 0.1) is 6.10 Å². The molecule has 0 spiro atoms. The molecule has 1 aromatic rings. The van der Waals surface area contributed by atoms with Crippen LogP contribution in [0, 0.1) is 11.8 Å². The molecule has 20 heavy (non-hydrogen) atoms. The van der Waals surface area contributed by atoms with Crippen molar-refractivity contribution in [1.29, 1.82) is 0 Å². The number of para-hydroxylation sites is 1. The molecule has 0 aliphatic rings. The number of carbonyl (C=O) groups is 1. The number of nitrogens with one attached hydrogen (secondary N) is 1. The molecule has 0 aromatic heterocycles. The minimum absolute atomic E-state index is 0.0470. The van der Waals surface area contributed by atoms with Crippen molar-refractivity contribution in [2.45, 2.75) is 39.7 Å². The SMILES string of the molecule is CC(C)C[C@H](CN)CC(=O)Nc1ccccc1C(C)O. The number of carbonyl (C=O) groups excluding carboxylic acids is 1. The molecule has 1 unspecified atom stereocenters. The van der Waals surface area contributed by atoms with Gasteiger partial charge in [-0.2, -0.15) is 0 Å². The van der Waals surface area contributed by atoms with Crippen molar-refractivity contribution in [3.63, 3.8) is 0 Å². The van der Waals surface area contributed by atoms with Gasteiger partial charge in [-0.25, -0.2) is 0 Å². The topological polar surface area (TPSA) is 75.4 Å². The Labute approximate surface area is 121 Å². The van der Waals surface area contributed by atoms with Crippen LogP contribution in [0.3, 0.4) is 0 Å². The van der Waals surface area contributed by atoms with E-state index in [9.17, 15) is 9.90 Å². The zero-order valence-electron chi connectivity index (χ0n) is 12.6. The largest absolute Gasteiger partial charge is 0.389 e. The lowest BCUT2D eigenvalue weighted by atomic mass is 9.94. The lowest BCUT2D eigenvalue weighted by Crippen LogP contribution is -2.24. The number of hydrogen-bond donors (Lipinski definition) is 3. The molecule has 4 nitrogen and oxygen atoms in total. The lowest BCUT2D eigenvalue weighted by Gasteiger charge is -2.18. The fourth-order valence-corrected chi connectivity index (χ4v) is 2.37. The van der Waals surface area contributed by atoms with Crippen LogP contribution in [0.2, 0.25) is 0 Å². The van der Waals surface area contributed by atoms with Gasteiger partial charge < -0.3 is 16.2 Å². The molecule has 0 bridgehead atoms. The van der Waals surface area contributed by atoms with Crippen LogP contribution in [0.4, 0.5) is 5.69 Å². The Hall–Kier alpha value is -1.39. The molecule has 0 fully saturated rings. The van der Waals surface area contributed by atoms with Gasteiger partial charge in [-0.3, -0.25) is 4.79 Å². The summed E-state index contributed by atoms with van der Waals surface area (Å²) < 4.78 is 0. The first-order valence-electron chi connectivity index (χ1n) is 7.21. The molecule has 112 valence electrons. The highest BCUT2D eigenvalue weighted by Gasteiger charge is 2.16. The fourth-order valence-electron chi connectivity index (χ4n) is 2.37. The van der Waals surface area contributed by atoms with Gasteiger partial charge in [0, 0.05) is 17.7 Å². The van der Waals surface area contributed by atoms with Crippen molar-refractivity contribution in [3.05, 3.63) is 29.8 Å². The number of aliphatic hydroxyl groups excluding tert-OH is 1. The van der Waals surface area contributed by atoms with Crippen molar-refractivity contribution in [3.8, 4) is 0 Å². The van der Waals surface area contributed by atoms with Crippen LogP contribution in [0.1, 0.15) is 45.3 Å². The number of anilines is 1. The predicted molar refractivity (Wildman–Crippen MR) is 82.3 cm³/mol. The summed E-state index contributed by atoms with van der Waals surface area (Å²) >= 11 is 0. The third kappa shape index (κ3) is 5.31. The average Bonchev–Trinajstić information content (AvgIpc) is 2.37. The van der Waals surface area contributed by atoms with Crippen LogP contribution in [-0.4, -0.2) is 17.6 Å². The summed E-state index contributed by atoms with van der Waals surface area (Å²) in [5.74, 6) is 0.684. The summed E-state index contributed by atoms with van der Waals surface area (Å²) in [5.41, 5.74) is 7.13. The summed E-state index contributed by atoms with van der Waals surface area (Å²) in [5, 5.41) is 12.6. The Morgan fingerprint density at radius 3 is 2.50 bits per heavy atom. The van der Waals surface area contributed by atoms with Gasteiger partial charge >= 0.3 is 0 Å². The molecule has 1 amide bonds. The monoisotopic (exact) mass is 278 g/mol. The average molecular weight is 278 g/mol. The zero-order valence-corrected chi connectivity index (χ0v) is 12.6. The smallest absolute Gasteiger partial charge is 0.224 e. The van der Waals surface area contributed by atoms with Gasteiger partial charge in [0.1, 0.15) is 0 Å². The first-order valence-corrected chi connectivity index (χ1v) is 7.21. The normalized spacial score (nSPS) is 14.1. The van der Waals surface area contributed by atoms with Gasteiger partial charge in [-0.05, 0) is 37.8 Å². The van der Waals surface area contributed by atoms with E-state index >= 15 is 0 Å². The number of aliphatic hydroxyl groups is 1. The lowest BCUT2D eigenvalue weighted by molar-refractivity contribution is -0.117. The quantitative estimate of drug-likeness (QED) is 0.718. The summed E-state index contributed by atoms with van der Waals surface area (Å²) in [7, 11) is 0. The molecule has 4 heteroatoms. The third-order valence-corrected chi connectivity index (χ3v) is 3.30. The maximum atomic E-state index is 12.1. The summed E-state index contributed by atoms with van der Waals surface area (Å²) in [6, 6.07) is 7.31. The standard InChI is InChI=1S/C16H26N2O2/c1-11(2)8-13(10-17)9-16(20)18-15-7-5-4-6-14(15)12(3)19/h4-7,11-13,19H,8-10,17H2,1-3H3,(H,18,20)/t12?,13-/m0/s1. The third-order valence-electron chi connectivity index (χ3n) is 3.30. The molecule has 0 radical (unpaired) electrons. The van der Waals surface area contributed by atoms with Crippen molar-refractivity contribution < 1.29 is 9.90 Å². The van der Waals surface area contributed by atoms with E-state index in [0.717, 1.165) is 12.0 Å². The zero-order chi connectivity index (χ0) is 15.1. The van der Waals surface area contributed by atoms with Crippen molar-refractivity contribution in [2.75, 3.05) is 11.9 Å². The first-order chi connectivity index (χ1) is 9.43. The van der Waals surface area contributed by atoms with Crippen molar-refractivity contribution >= 4 is 11.6 Å². The maximum Gasteiger partial charge on any atom is 0.224 e. The van der Waals surface area contributed by atoms with Gasteiger partial charge in [-0.1, -0.05) is 32.0 Å². The number of amides is 1. The number of benzene rings is 1. The second-order valence-electron chi connectivity index (χ2n) is 5.75. The van der Waals surface area contributed by atoms with E-state index in [1.165, 1.54) is 0 Å². The molecule has 1 aromatic carbocycles. The van der Waals surface area contributed by atoms with Crippen LogP contribution < -0.4 is 11.1 Å². The molecule has 4 N–H and O–H groups in total. The fraction of sp³-hybridized carbons (Fsp3) is 0.562. The molecule has 2 atom stereocenters. The van der Waals surface area contributed by atoms with E-state index in [2.05, 4.69) is 19.2 Å². The van der Waals surface area contributed by atoms with E-state index in [4.69, 9.17) is 5.73 Å². The van der Waals surface area contributed by atoms with E-state index < -0.39 is 6.10 Å². The van der Waals surface area contributed by atoms with Gasteiger partial charge in [0.2, 0.25) is 5.91 Å². The maximum absolute atomic E-state index is 12.1. The minimum atomic E-state index is -0.604. The Kier molecular flexibility index (Phi) is 6.68. The molecule has 1 rings (SSSR count). The van der Waals surface area contributed by atoms with Crippen LogP contribution in [0.5, 0.6) is 0 Å². The molecule has 0 saturated carbocycles. The number of hydrogen-bond acceptors (Lipinski definition) is 3. The van der Waals surface area contributed by atoms with Crippen molar-refractivity contribution in [2.24, 2.45) is 17.6 Å². The molecule has 0 saturated heterocycles. The van der Waals surface area contributed by atoms with E-state index in [0.29, 0.717) is 24.6 Å². The molecular weight excluding hydrogens is 252 g/mol. The second-order valence-corrected chi connectivity index (χ2v) is 5.75. The number of nitrogens with two attached hydrogens (primary N) is 1.